The van der Waals surface area contributed by atoms with Gasteiger partial charge in [0, 0.05) is 26.0 Å². The first-order valence-corrected chi connectivity index (χ1v) is 6.42. The van der Waals surface area contributed by atoms with Crippen molar-refractivity contribution in [3.8, 4) is 0 Å². The second-order valence-corrected chi connectivity index (χ2v) is 4.87. The van der Waals surface area contributed by atoms with Crippen LogP contribution in [0.25, 0.3) is 22.0 Å². The Morgan fingerprint density at radius 1 is 1.45 bits per heavy atom. The lowest BCUT2D eigenvalue weighted by molar-refractivity contribution is 0.0799. The van der Waals surface area contributed by atoms with E-state index < -0.39 is 0 Å². The number of anilines is 1. The molecule has 0 aliphatic heterocycles. The van der Waals surface area contributed by atoms with Crippen molar-refractivity contribution in [2.24, 2.45) is 0 Å². The van der Waals surface area contributed by atoms with E-state index in [1.165, 1.54) is 4.90 Å². The number of nitrogen functional groups attached to an aromatic ring is 1. The minimum atomic E-state index is -0.162. The molecule has 6 heteroatoms. The van der Waals surface area contributed by atoms with Gasteiger partial charge in [-0.15, -0.1) is 0 Å². The van der Waals surface area contributed by atoms with Crippen LogP contribution in [0.15, 0.2) is 22.6 Å². The van der Waals surface area contributed by atoms with Crippen LogP contribution in [0.3, 0.4) is 0 Å². The van der Waals surface area contributed by atoms with E-state index in [0.717, 1.165) is 16.4 Å². The smallest absolute Gasteiger partial charge is 0.289 e. The van der Waals surface area contributed by atoms with Gasteiger partial charge in [0.2, 0.25) is 5.95 Å². The van der Waals surface area contributed by atoms with Crippen molar-refractivity contribution < 1.29 is 9.21 Å². The molecule has 1 amide bonds. The third kappa shape index (κ3) is 1.65. The molecule has 3 aromatic rings. The lowest BCUT2D eigenvalue weighted by atomic mass is 10.2. The van der Waals surface area contributed by atoms with Crippen LogP contribution in [0.5, 0.6) is 0 Å². The zero-order valence-electron chi connectivity index (χ0n) is 11.7. The molecule has 6 nitrogen and oxygen atoms in total. The second kappa shape index (κ2) is 4.26. The number of aromatic nitrogens is 2. The molecule has 0 aliphatic carbocycles. The Kier molecular flexibility index (Phi) is 2.67. The molecular weight excluding hydrogens is 256 g/mol. The number of hydrogen-bond acceptors (Lipinski definition) is 4. The Labute approximate surface area is 115 Å². The van der Waals surface area contributed by atoms with Gasteiger partial charge in [-0.25, -0.2) is 4.98 Å². The molecule has 0 fully saturated rings. The molecule has 3 rings (SSSR count). The quantitative estimate of drug-likeness (QED) is 0.774. The predicted octanol–water partition coefficient (Wildman–Crippen LogP) is 2.09. The van der Waals surface area contributed by atoms with E-state index in [-0.39, 0.29) is 5.91 Å². The second-order valence-electron chi connectivity index (χ2n) is 4.87. The number of imidazole rings is 1. The van der Waals surface area contributed by atoms with Crippen molar-refractivity contribution in [3.63, 3.8) is 0 Å². The van der Waals surface area contributed by atoms with Crippen molar-refractivity contribution in [1.29, 1.82) is 0 Å². The molecule has 0 saturated heterocycles. The summed E-state index contributed by atoms with van der Waals surface area (Å²) in [4.78, 5) is 17.8. The summed E-state index contributed by atoms with van der Waals surface area (Å²) < 4.78 is 7.55. The van der Waals surface area contributed by atoms with Gasteiger partial charge < -0.3 is 19.6 Å². The largest absolute Gasteiger partial charge is 0.451 e. The molecule has 0 atom stereocenters. The van der Waals surface area contributed by atoms with Crippen molar-refractivity contribution in [2.45, 2.75) is 13.5 Å². The van der Waals surface area contributed by atoms with Crippen LogP contribution in [-0.4, -0.2) is 34.5 Å². The molecule has 2 N–H and O–H groups in total. The molecule has 2 heterocycles. The van der Waals surface area contributed by atoms with Crippen molar-refractivity contribution in [3.05, 3.63) is 24.0 Å². The SMILES string of the molecule is CCn1c(N)nc2ccc3oc(C(=O)N(C)C)cc3c21. The number of furan rings is 1. The average molecular weight is 272 g/mol. The van der Waals surface area contributed by atoms with Crippen LogP contribution in [0.1, 0.15) is 17.5 Å². The minimum Gasteiger partial charge on any atom is -0.451 e. The van der Waals surface area contributed by atoms with Crippen molar-refractivity contribution in [2.75, 3.05) is 19.8 Å². The number of amides is 1. The first-order valence-electron chi connectivity index (χ1n) is 6.42. The number of fused-ring (bicyclic) bond motifs is 3. The number of nitrogens with zero attached hydrogens (tertiary/aromatic N) is 3. The monoisotopic (exact) mass is 272 g/mol. The van der Waals surface area contributed by atoms with E-state index in [4.69, 9.17) is 10.2 Å². The van der Waals surface area contributed by atoms with Gasteiger partial charge in [-0.2, -0.15) is 0 Å². The van der Waals surface area contributed by atoms with Crippen LogP contribution in [0, 0.1) is 0 Å². The molecule has 2 aromatic heterocycles. The average Bonchev–Trinajstić information content (AvgIpc) is 2.96. The fraction of sp³-hybridized carbons (Fsp3) is 0.286. The first-order chi connectivity index (χ1) is 9.52. The minimum absolute atomic E-state index is 0.162. The van der Waals surface area contributed by atoms with Crippen molar-refractivity contribution >= 4 is 33.9 Å². The highest BCUT2D eigenvalue weighted by Gasteiger charge is 2.18. The maximum atomic E-state index is 12.0. The summed E-state index contributed by atoms with van der Waals surface area (Å²) in [7, 11) is 3.39. The van der Waals surface area contributed by atoms with Gasteiger partial charge in [-0.1, -0.05) is 0 Å². The summed E-state index contributed by atoms with van der Waals surface area (Å²) >= 11 is 0. The number of carbonyl (C=O) groups excluding carboxylic acids is 1. The number of benzene rings is 1. The Morgan fingerprint density at radius 2 is 2.20 bits per heavy atom. The van der Waals surface area contributed by atoms with E-state index >= 15 is 0 Å². The number of rotatable bonds is 2. The summed E-state index contributed by atoms with van der Waals surface area (Å²) in [6, 6.07) is 5.43. The van der Waals surface area contributed by atoms with Crippen LogP contribution >= 0.6 is 0 Å². The summed E-state index contributed by atoms with van der Waals surface area (Å²) in [5.74, 6) is 0.626. The molecule has 20 heavy (non-hydrogen) atoms. The maximum absolute atomic E-state index is 12.0. The number of nitrogens with two attached hydrogens (primary N) is 1. The van der Waals surface area contributed by atoms with Crippen molar-refractivity contribution in [1.82, 2.24) is 14.5 Å². The molecule has 0 bridgehead atoms. The fourth-order valence-corrected chi connectivity index (χ4v) is 2.40. The lowest BCUT2D eigenvalue weighted by Crippen LogP contribution is -2.20. The van der Waals surface area contributed by atoms with Gasteiger partial charge in [0.25, 0.3) is 5.91 Å². The van der Waals surface area contributed by atoms with Crippen LogP contribution in [0.4, 0.5) is 5.95 Å². The van der Waals surface area contributed by atoms with Gasteiger partial charge in [0.05, 0.1) is 11.0 Å². The molecule has 0 radical (unpaired) electrons. The molecule has 0 unspecified atom stereocenters. The third-order valence-electron chi connectivity index (χ3n) is 3.37. The van der Waals surface area contributed by atoms with Gasteiger partial charge >= 0.3 is 0 Å². The number of hydrogen-bond donors (Lipinski definition) is 1. The highest BCUT2D eigenvalue weighted by molar-refractivity contribution is 6.06. The first kappa shape index (κ1) is 12.5. The molecule has 104 valence electrons. The number of aryl methyl sites for hydroxylation is 1. The zero-order chi connectivity index (χ0) is 14.4. The maximum Gasteiger partial charge on any atom is 0.289 e. The Balaban J connectivity index is 2.33. The van der Waals surface area contributed by atoms with Gasteiger partial charge in [-0.3, -0.25) is 4.79 Å². The summed E-state index contributed by atoms with van der Waals surface area (Å²) in [5, 5.41) is 0.860. The molecule has 0 aliphatic rings. The van der Waals surface area contributed by atoms with E-state index in [2.05, 4.69) is 4.98 Å². The zero-order valence-corrected chi connectivity index (χ0v) is 11.7. The third-order valence-corrected chi connectivity index (χ3v) is 3.37. The van der Waals surface area contributed by atoms with Crippen LogP contribution < -0.4 is 5.73 Å². The van der Waals surface area contributed by atoms with Gasteiger partial charge in [-0.05, 0) is 25.1 Å². The predicted molar refractivity (Wildman–Crippen MR) is 77.6 cm³/mol. The van der Waals surface area contributed by atoms with Gasteiger partial charge in [0.15, 0.2) is 5.76 Å². The molecule has 0 saturated carbocycles. The Hall–Kier alpha value is -2.50. The Morgan fingerprint density at radius 3 is 2.85 bits per heavy atom. The molecule has 0 spiro atoms. The summed E-state index contributed by atoms with van der Waals surface area (Å²) in [6.45, 7) is 2.71. The molecular formula is C14H16N4O2. The van der Waals surface area contributed by atoms with Gasteiger partial charge in [0.1, 0.15) is 5.58 Å². The van der Waals surface area contributed by atoms with E-state index in [9.17, 15) is 4.79 Å². The van der Waals surface area contributed by atoms with E-state index in [1.807, 2.05) is 23.6 Å². The van der Waals surface area contributed by atoms with E-state index in [0.29, 0.717) is 23.8 Å². The lowest BCUT2D eigenvalue weighted by Gasteiger charge is -2.06. The van der Waals surface area contributed by atoms with Crippen LogP contribution in [-0.2, 0) is 6.54 Å². The standard InChI is InChI=1S/C14H16N4O2/c1-4-18-12-8-7-11(13(19)17(2)3)20-10(8)6-5-9(12)16-14(18)15/h5-7H,4H2,1-3H3,(H2,15,16). The highest BCUT2D eigenvalue weighted by atomic mass is 16.3. The fourth-order valence-electron chi connectivity index (χ4n) is 2.40. The summed E-state index contributed by atoms with van der Waals surface area (Å²) in [5.41, 5.74) is 8.29. The van der Waals surface area contributed by atoms with Crippen LogP contribution in [0.2, 0.25) is 0 Å². The topological polar surface area (TPSA) is 77.3 Å². The molecule has 1 aromatic carbocycles. The summed E-state index contributed by atoms with van der Waals surface area (Å²) in [6.07, 6.45) is 0. The number of carbonyl (C=O) groups is 1. The Bertz CT molecular complexity index is 813. The highest BCUT2D eigenvalue weighted by Crippen LogP contribution is 2.30. The normalized spacial score (nSPS) is 11.3. The van der Waals surface area contributed by atoms with E-state index in [1.54, 1.807) is 20.2 Å².